The molecule has 1 saturated heterocycles. The molecule has 2 atom stereocenters. The van der Waals surface area contributed by atoms with E-state index in [1.54, 1.807) is 0 Å². The molecule has 1 aliphatic heterocycles. The largest absolute Gasteiger partial charge is 0.465 e. The molecule has 1 N–H and O–H groups in total. The van der Waals surface area contributed by atoms with Crippen molar-refractivity contribution < 1.29 is 24.2 Å². The number of esters is 2. The highest BCUT2D eigenvalue weighted by Gasteiger charge is 2.26. The summed E-state index contributed by atoms with van der Waals surface area (Å²) < 4.78 is 11.7. The number of likely N-dealkylation sites (tertiary alicyclic amines) is 1. The Morgan fingerprint density at radius 2 is 0.793 bits per heavy atom. The Bertz CT molecular complexity index is 803. The van der Waals surface area contributed by atoms with Crippen LogP contribution in [0.5, 0.6) is 0 Å². The molecule has 0 aromatic heterocycles. The van der Waals surface area contributed by atoms with Crippen molar-refractivity contribution in [2.24, 2.45) is 23.7 Å². The predicted molar refractivity (Wildman–Crippen MR) is 248 cm³/mol. The smallest absolute Gasteiger partial charge is 0.308 e. The first-order valence-corrected chi connectivity index (χ1v) is 26.1. The highest BCUT2D eigenvalue weighted by molar-refractivity contribution is 5.72. The molecule has 344 valence electrons. The normalized spacial score (nSPS) is 16.1. The number of hydrogen-bond donors (Lipinski definition) is 1. The van der Waals surface area contributed by atoms with Crippen molar-refractivity contribution in [2.75, 3.05) is 39.5 Å². The summed E-state index contributed by atoms with van der Waals surface area (Å²) in [5.74, 6) is 1.83. The molecule has 6 nitrogen and oxygen atoms in total. The van der Waals surface area contributed by atoms with Gasteiger partial charge in [-0.3, -0.25) is 9.59 Å². The summed E-state index contributed by atoms with van der Waals surface area (Å²) in [5.41, 5.74) is 0. The third kappa shape index (κ3) is 31.7. The molecule has 0 amide bonds. The van der Waals surface area contributed by atoms with Crippen LogP contribution in [0.15, 0.2) is 0 Å². The van der Waals surface area contributed by atoms with E-state index < -0.39 is 0 Å². The van der Waals surface area contributed by atoms with Gasteiger partial charge in [-0.05, 0) is 76.0 Å². The van der Waals surface area contributed by atoms with Gasteiger partial charge >= 0.3 is 11.9 Å². The molecule has 0 radical (unpaired) electrons. The second kappa shape index (κ2) is 41.2. The van der Waals surface area contributed by atoms with Crippen LogP contribution in [-0.2, 0) is 19.1 Å². The maximum Gasteiger partial charge on any atom is 0.308 e. The molecule has 1 aliphatic rings. The summed E-state index contributed by atoms with van der Waals surface area (Å²) in [6, 6.07) is 0. The van der Waals surface area contributed by atoms with Crippen LogP contribution in [0.1, 0.15) is 259 Å². The van der Waals surface area contributed by atoms with Crippen LogP contribution in [0.25, 0.3) is 0 Å². The van der Waals surface area contributed by atoms with E-state index in [4.69, 9.17) is 9.47 Å². The van der Waals surface area contributed by atoms with Crippen molar-refractivity contribution in [1.29, 1.82) is 0 Å². The summed E-state index contributed by atoms with van der Waals surface area (Å²) in [6.45, 7) is 13.8. The van der Waals surface area contributed by atoms with Gasteiger partial charge in [0.05, 0.1) is 25.0 Å². The van der Waals surface area contributed by atoms with Gasteiger partial charge in [0.1, 0.15) is 0 Å². The Morgan fingerprint density at radius 3 is 1.14 bits per heavy atom. The number of ether oxygens (including phenoxy) is 2. The van der Waals surface area contributed by atoms with Crippen LogP contribution >= 0.6 is 0 Å². The summed E-state index contributed by atoms with van der Waals surface area (Å²) in [5, 5.41) is 9.52. The molecular formula is C52H101NO5. The monoisotopic (exact) mass is 820 g/mol. The lowest BCUT2D eigenvalue weighted by atomic mass is 9.83. The first-order valence-electron chi connectivity index (χ1n) is 26.1. The van der Waals surface area contributed by atoms with E-state index in [2.05, 4.69) is 32.6 Å². The van der Waals surface area contributed by atoms with Crippen molar-refractivity contribution in [3.63, 3.8) is 0 Å². The zero-order valence-electron chi connectivity index (χ0n) is 39.5. The number of aliphatic hydroxyl groups excluding tert-OH is 1. The van der Waals surface area contributed by atoms with E-state index in [1.807, 2.05) is 0 Å². The van der Waals surface area contributed by atoms with E-state index in [0.29, 0.717) is 13.2 Å². The molecule has 0 aromatic carbocycles. The van der Waals surface area contributed by atoms with Gasteiger partial charge in [-0.2, -0.15) is 0 Å². The highest BCUT2D eigenvalue weighted by atomic mass is 16.5. The topological polar surface area (TPSA) is 76.1 Å². The van der Waals surface area contributed by atoms with Crippen LogP contribution < -0.4 is 0 Å². The van der Waals surface area contributed by atoms with Gasteiger partial charge in [0.2, 0.25) is 0 Å². The molecule has 0 spiro atoms. The van der Waals surface area contributed by atoms with E-state index in [1.165, 1.54) is 161 Å². The van der Waals surface area contributed by atoms with Gasteiger partial charge in [-0.15, -0.1) is 0 Å². The fourth-order valence-electron chi connectivity index (χ4n) is 9.42. The molecule has 0 saturated carbocycles. The van der Waals surface area contributed by atoms with E-state index in [0.717, 1.165) is 102 Å². The number of carbonyl (C=O) groups is 2. The molecule has 1 fully saturated rings. The Balaban J connectivity index is 2.35. The quantitative estimate of drug-likeness (QED) is 0.0488. The Hall–Kier alpha value is -1.14. The molecule has 0 aromatic rings. The van der Waals surface area contributed by atoms with Crippen molar-refractivity contribution in [2.45, 2.75) is 259 Å². The fourth-order valence-corrected chi connectivity index (χ4v) is 9.42. The summed E-state index contributed by atoms with van der Waals surface area (Å²) in [6.07, 6.45) is 43.0. The minimum Gasteiger partial charge on any atom is -0.465 e. The molecule has 1 rings (SSSR count). The average molecular weight is 820 g/mol. The Morgan fingerprint density at radius 1 is 0.466 bits per heavy atom. The zero-order chi connectivity index (χ0) is 42.2. The number of nitrogens with zero attached hydrogens (tertiary/aromatic N) is 1. The number of carbonyl (C=O) groups excluding carboxylic acids is 2. The first-order chi connectivity index (χ1) is 28.5. The minimum atomic E-state index is 0.0707. The zero-order valence-corrected chi connectivity index (χ0v) is 39.5. The summed E-state index contributed by atoms with van der Waals surface area (Å²) >= 11 is 0. The number of aliphatic hydroxyl groups is 1. The van der Waals surface area contributed by atoms with Crippen LogP contribution in [0, 0.1) is 23.7 Å². The Labute approximate surface area is 361 Å². The van der Waals surface area contributed by atoms with Crippen LogP contribution in [0.3, 0.4) is 0 Å². The van der Waals surface area contributed by atoms with Gasteiger partial charge in [0, 0.05) is 26.2 Å². The van der Waals surface area contributed by atoms with Gasteiger partial charge < -0.3 is 19.5 Å². The van der Waals surface area contributed by atoms with Gasteiger partial charge in [0.15, 0.2) is 0 Å². The lowest BCUT2D eigenvalue weighted by Crippen LogP contribution is -2.41. The number of hydrogen-bond acceptors (Lipinski definition) is 6. The molecule has 1 heterocycles. The van der Waals surface area contributed by atoms with Gasteiger partial charge in [-0.25, -0.2) is 0 Å². The average Bonchev–Trinajstić information content (AvgIpc) is 3.23. The molecule has 58 heavy (non-hydrogen) atoms. The number of rotatable bonds is 43. The maximum atomic E-state index is 13.0. The molecule has 6 heteroatoms. The van der Waals surface area contributed by atoms with E-state index in [9.17, 15) is 14.7 Å². The van der Waals surface area contributed by atoms with Gasteiger partial charge in [0.25, 0.3) is 0 Å². The fraction of sp³-hybridized carbons (Fsp3) is 0.962. The van der Waals surface area contributed by atoms with E-state index >= 15 is 0 Å². The second-order valence-corrected chi connectivity index (χ2v) is 18.8. The molecule has 2 unspecified atom stereocenters. The van der Waals surface area contributed by atoms with Gasteiger partial charge in [-0.1, -0.05) is 195 Å². The molecule has 0 bridgehead atoms. The van der Waals surface area contributed by atoms with Crippen molar-refractivity contribution >= 4 is 11.9 Å². The maximum absolute atomic E-state index is 13.0. The minimum absolute atomic E-state index is 0.0707. The van der Waals surface area contributed by atoms with Crippen LogP contribution in [0.2, 0.25) is 0 Å². The van der Waals surface area contributed by atoms with Crippen LogP contribution in [0.4, 0.5) is 0 Å². The lowest BCUT2D eigenvalue weighted by Gasteiger charge is -2.38. The van der Waals surface area contributed by atoms with Crippen LogP contribution in [-0.4, -0.2) is 61.4 Å². The number of unbranched alkanes of at least 4 members (excludes halogenated alkanes) is 22. The SMILES string of the molecule is CCCCCCCC(CCCCCCC)C(=O)OCCCCCCC1CC(CCCCCCOC(=O)C(CCCCCCC)CCCCCCC)CN(CCCO)C1. The number of piperidine rings is 1. The second-order valence-electron chi connectivity index (χ2n) is 18.8. The lowest BCUT2D eigenvalue weighted by molar-refractivity contribution is -0.150. The molecular weight excluding hydrogens is 719 g/mol. The third-order valence-electron chi connectivity index (χ3n) is 13.1. The standard InChI is InChI=1S/C52H101NO5/c1-5-9-13-17-27-36-49(37-28-18-14-10-6-2)51(55)57-42-31-23-21-25-34-47-44-48(46-53(45-47)40-33-41-54)35-26-22-24-32-43-58-52(56)50(38-29-19-15-11-7-3)39-30-20-16-12-8-4/h47-50,54H,5-46H2,1-4H3. The molecule has 0 aliphatic carbocycles. The highest BCUT2D eigenvalue weighted by Crippen LogP contribution is 2.30. The van der Waals surface area contributed by atoms with Crippen molar-refractivity contribution in [3.05, 3.63) is 0 Å². The summed E-state index contributed by atoms with van der Waals surface area (Å²) in [4.78, 5) is 28.7. The first kappa shape index (κ1) is 54.9. The third-order valence-corrected chi connectivity index (χ3v) is 13.1. The summed E-state index contributed by atoms with van der Waals surface area (Å²) in [7, 11) is 0. The van der Waals surface area contributed by atoms with Crippen molar-refractivity contribution in [3.8, 4) is 0 Å². The predicted octanol–water partition coefficient (Wildman–Crippen LogP) is 15.0. The Kier molecular flexibility index (Phi) is 39.0. The van der Waals surface area contributed by atoms with Crippen molar-refractivity contribution in [1.82, 2.24) is 4.90 Å². The van der Waals surface area contributed by atoms with E-state index in [-0.39, 0.29) is 30.4 Å².